The number of nitrogen functional groups attached to an aromatic ring is 1. The zero-order chi connectivity index (χ0) is 22.0. The van der Waals surface area contributed by atoms with Gasteiger partial charge in [0.2, 0.25) is 0 Å². The van der Waals surface area contributed by atoms with Crippen molar-refractivity contribution in [2.24, 2.45) is 5.10 Å². The summed E-state index contributed by atoms with van der Waals surface area (Å²) in [5, 5.41) is 7.93. The number of aromatic nitrogens is 2. The van der Waals surface area contributed by atoms with Crippen molar-refractivity contribution in [2.45, 2.75) is 32.5 Å². The lowest BCUT2D eigenvalue weighted by Gasteiger charge is -2.24. The third-order valence-electron chi connectivity index (χ3n) is 5.59. The van der Waals surface area contributed by atoms with Crippen molar-refractivity contribution in [3.8, 4) is 17.0 Å². The van der Waals surface area contributed by atoms with E-state index in [0.717, 1.165) is 40.2 Å². The molecular weight excluding hydrogens is 395 g/mol. The summed E-state index contributed by atoms with van der Waals surface area (Å²) in [4.78, 5) is 4.35. The minimum Gasteiger partial charge on any atom is -0.485 e. The first kappa shape index (κ1) is 20.9. The second-order valence-corrected chi connectivity index (χ2v) is 7.44. The molecule has 4 N–H and O–H groups in total. The Morgan fingerprint density at radius 1 is 1.26 bits per heavy atom. The zero-order valence-electron chi connectivity index (χ0n) is 17.9. The van der Waals surface area contributed by atoms with E-state index >= 15 is 0 Å². The van der Waals surface area contributed by atoms with Crippen molar-refractivity contribution < 1.29 is 9.13 Å². The maximum Gasteiger partial charge on any atom is 0.166 e. The van der Waals surface area contributed by atoms with Crippen LogP contribution in [-0.2, 0) is 19.6 Å². The van der Waals surface area contributed by atoms with Crippen LogP contribution in [0.4, 0.5) is 10.2 Å². The lowest BCUT2D eigenvalue weighted by Crippen LogP contribution is -2.30. The van der Waals surface area contributed by atoms with Crippen molar-refractivity contribution in [1.82, 2.24) is 20.3 Å². The molecule has 162 valence electrons. The Morgan fingerprint density at radius 2 is 2.10 bits per heavy atom. The summed E-state index contributed by atoms with van der Waals surface area (Å²) in [5.74, 6) is 0.462. The van der Waals surface area contributed by atoms with Crippen LogP contribution in [0.5, 0.6) is 5.75 Å². The molecular formula is C23H27FN6O. The molecule has 1 aliphatic heterocycles. The molecule has 0 saturated carbocycles. The molecule has 0 radical (unpaired) electrons. The molecule has 1 aromatic carbocycles. The lowest BCUT2D eigenvalue weighted by atomic mass is 9.92. The van der Waals surface area contributed by atoms with Gasteiger partial charge in [0, 0.05) is 38.0 Å². The van der Waals surface area contributed by atoms with Crippen LogP contribution in [0, 0.1) is 5.82 Å². The Morgan fingerprint density at radius 3 is 2.84 bits per heavy atom. The molecule has 2 bridgehead atoms. The number of pyridine rings is 1. The average Bonchev–Trinajstić information content (AvgIpc) is 3.17. The number of nitrogens with one attached hydrogen (secondary N) is 2. The first-order valence-corrected chi connectivity index (χ1v) is 10.3. The summed E-state index contributed by atoms with van der Waals surface area (Å²) < 4.78 is 22.3. The number of benzene rings is 1. The van der Waals surface area contributed by atoms with E-state index in [4.69, 9.17) is 10.5 Å². The average molecular weight is 423 g/mol. The third kappa shape index (κ3) is 3.98. The number of hydrazone groups is 1. The number of nitrogens with zero attached hydrogens (tertiary/aromatic N) is 3. The molecule has 3 heterocycles. The Kier molecular flexibility index (Phi) is 5.90. The van der Waals surface area contributed by atoms with Crippen LogP contribution in [0.25, 0.3) is 11.3 Å². The summed E-state index contributed by atoms with van der Waals surface area (Å²) in [6, 6.07) is 8.51. The molecule has 4 rings (SSSR count). The second kappa shape index (κ2) is 8.77. The third-order valence-corrected chi connectivity index (χ3v) is 5.59. The van der Waals surface area contributed by atoms with Crippen LogP contribution in [0.3, 0.4) is 0 Å². The van der Waals surface area contributed by atoms with Crippen LogP contribution >= 0.6 is 0 Å². The van der Waals surface area contributed by atoms with Gasteiger partial charge in [-0.2, -0.15) is 5.10 Å². The van der Waals surface area contributed by atoms with E-state index in [1.807, 2.05) is 13.1 Å². The number of fused-ring (bicyclic) bond motifs is 5. The predicted octanol–water partition coefficient (Wildman–Crippen LogP) is 3.26. The smallest absolute Gasteiger partial charge is 0.166 e. The molecule has 0 fully saturated rings. The normalized spacial score (nSPS) is 17.2. The highest BCUT2D eigenvalue weighted by atomic mass is 19.1. The molecule has 2 aromatic heterocycles. The Bertz CT molecular complexity index is 1120. The number of ether oxygens (including phenoxy) is 1. The topological polar surface area (TPSA) is 89.5 Å². The van der Waals surface area contributed by atoms with E-state index in [9.17, 15) is 4.39 Å². The fraction of sp³-hybridized carbons (Fsp3) is 0.304. The van der Waals surface area contributed by atoms with Crippen LogP contribution < -0.4 is 21.2 Å². The number of hydrogen-bond acceptors (Lipinski definition) is 6. The van der Waals surface area contributed by atoms with E-state index in [1.54, 1.807) is 19.3 Å². The van der Waals surface area contributed by atoms with Gasteiger partial charge in [0.1, 0.15) is 12.4 Å². The minimum atomic E-state index is -0.321. The molecule has 3 aromatic rings. The molecule has 0 aliphatic carbocycles. The van der Waals surface area contributed by atoms with E-state index in [2.05, 4.69) is 44.6 Å². The lowest BCUT2D eigenvalue weighted by molar-refractivity contribution is 0.304. The van der Waals surface area contributed by atoms with Gasteiger partial charge in [-0.25, -0.2) is 9.37 Å². The van der Waals surface area contributed by atoms with Gasteiger partial charge in [-0.05, 0) is 54.9 Å². The first-order valence-electron chi connectivity index (χ1n) is 10.3. The molecule has 31 heavy (non-hydrogen) atoms. The monoisotopic (exact) mass is 422 g/mol. The highest BCUT2D eigenvalue weighted by Gasteiger charge is 2.24. The standard InChI is InChI=1S/C23H27FN6O/c1-4-30-8-7-14-10-19(29-27-3)21(26-2)18-6-5-17(24)9-16(18)13-31-20-11-15(22(14)30)12-28-23(20)25/h5-9,11-12,21,26-27H,4,10,13H2,1-3H3,(H2,25,28)/b29-19-. The summed E-state index contributed by atoms with van der Waals surface area (Å²) in [6.45, 7) is 3.07. The van der Waals surface area contributed by atoms with Gasteiger partial charge in [0.05, 0.1) is 17.4 Å². The molecule has 0 amide bonds. The Labute approximate surface area is 181 Å². The van der Waals surface area contributed by atoms with E-state index in [0.29, 0.717) is 18.0 Å². The number of hydrogen-bond donors (Lipinski definition) is 3. The molecule has 7 nitrogen and oxygen atoms in total. The van der Waals surface area contributed by atoms with Gasteiger partial charge in [-0.1, -0.05) is 6.07 Å². The van der Waals surface area contributed by atoms with Crippen molar-refractivity contribution in [3.05, 3.63) is 65.2 Å². The quantitative estimate of drug-likeness (QED) is 0.564. The maximum atomic E-state index is 14.1. The molecule has 0 spiro atoms. The van der Waals surface area contributed by atoms with Crippen molar-refractivity contribution in [2.75, 3.05) is 19.8 Å². The molecule has 8 heteroatoms. The number of rotatable bonds is 3. The van der Waals surface area contributed by atoms with Gasteiger partial charge >= 0.3 is 0 Å². The highest BCUT2D eigenvalue weighted by Crippen LogP contribution is 2.33. The van der Waals surface area contributed by atoms with Gasteiger partial charge < -0.3 is 25.8 Å². The SMILES string of the molecule is CCn1ccc2c1-c1cnc(N)c(c1)OCc1cc(F)ccc1C(NC)/C(=N\NC)C2. The first-order chi connectivity index (χ1) is 15.0. The maximum absolute atomic E-state index is 14.1. The van der Waals surface area contributed by atoms with E-state index in [1.165, 1.54) is 12.1 Å². The van der Waals surface area contributed by atoms with Crippen LogP contribution in [0.2, 0.25) is 0 Å². The zero-order valence-corrected chi connectivity index (χ0v) is 17.9. The van der Waals surface area contributed by atoms with E-state index < -0.39 is 0 Å². The fourth-order valence-corrected chi connectivity index (χ4v) is 4.16. The Balaban J connectivity index is 1.95. The summed E-state index contributed by atoms with van der Waals surface area (Å²) in [5.41, 5.74) is 14.6. The predicted molar refractivity (Wildman–Crippen MR) is 120 cm³/mol. The number of anilines is 1. The van der Waals surface area contributed by atoms with E-state index in [-0.39, 0.29) is 18.5 Å². The number of nitrogens with two attached hydrogens (primary N) is 1. The largest absolute Gasteiger partial charge is 0.485 e. The molecule has 0 saturated heterocycles. The van der Waals surface area contributed by atoms with Gasteiger partial charge in [-0.3, -0.25) is 0 Å². The molecule has 1 aliphatic rings. The van der Waals surface area contributed by atoms with Gasteiger partial charge in [0.15, 0.2) is 11.6 Å². The van der Waals surface area contributed by atoms with Gasteiger partial charge in [0.25, 0.3) is 0 Å². The second-order valence-electron chi connectivity index (χ2n) is 7.44. The summed E-state index contributed by atoms with van der Waals surface area (Å²) >= 11 is 0. The Hall–Kier alpha value is -3.39. The summed E-state index contributed by atoms with van der Waals surface area (Å²) in [6.07, 6.45) is 4.43. The fourth-order valence-electron chi connectivity index (χ4n) is 4.16. The van der Waals surface area contributed by atoms with Crippen molar-refractivity contribution in [3.63, 3.8) is 0 Å². The molecule has 1 atom stereocenters. The van der Waals surface area contributed by atoms with Crippen molar-refractivity contribution >= 4 is 11.5 Å². The van der Waals surface area contributed by atoms with Crippen molar-refractivity contribution in [1.29, 1.82) is 0 Å². The van der Waals surface area contributed by atoms with Crippen LogP contribution in [0.15, 0.2) is 47.8 Å². The molecule has 1 unspecified atom stereocenters. The number of halogens is 1. The number of aryl methyl sites for hydroxylation is 1. The summed E-state index contributed by atoms with van der Waals surface area (Å²) in [7, 11) is 3.65. The highest BCUT2D eigenvalue weighted by molar-refractivity contribution is 5.93. The minimum absolute atomic E-state index is 0.162. The van der Waals surface area contributed by atoms with Crippen LogP contribution in [-0.4, -0.2) is 29.4 Å². The van der Waals surface area contributed by atoms with Gasteiger partial charge in [-0.15, -0.1) is 0 Å². The van der Waals surface area contributed by atoms with Crippen LogP contribution in [0.1, 0.15) is 29.7 Å².